The largest absolute Gasteiger partial charge is 0.395 e. The van der Waals surface area contributed by atoms with Crippen LogP contribution in [0.25, 0.3) is 0 Å². The number of methoxy groups -OCH3 is 1. The van der Waals surface area contributed by atoms with E-state index in [0.29, 0.717) is 12.1 Å². The second kappa shape index (κ2) is 5.58. The van der Waals surface area contributed by atoms with Crippen molar-refractivity contribution < 1.29 is 9.84 Å². The normalized spacial score (nSPS) is 20.3. The highest BCUT2D eigenvalue weighted by Gasteiger charge is 2.27. The Kier molecular flexibility index (Phi) is 4.70. The zero-order valence-corrected chi connectivity index (χ0v) is 8.70. The number of rotatable bonds is 6. The maximum atomic E-state index is 8.94. The third kappa shape index (κ3) is 2.93. The van der Waals surface area contributed by atoms with Gasteiger partial charge in [0.2, 0.25) is 0 Å². The van der Waals surface area contributed by atoms with E-state index in [4.69, 9.17) is 9.84 Å². The van der Waals surface area contributed by atoms with E-state index in [0.717, 1.165) is 13.2 Å². The molecule has 0 radical (unpaired) electrons. The third-order valence-corrected chi connectivity index (χ3v) is 2.88. The van der Waals surface area contributed by atoms with Crippen LogP contribution in [0.15, 0.2) is 0 Å². The van der Waals surface area contributed by atoms with Crippen molar-refractivity contribution in [2.24, 2.45) is 0 Å². The molecule has 78 valence electrons. The predicted octanol–water partition coefficient (Wildman–Crippen LogP) is 0.868. The zero-order chi connectivity index (χ0) is 9.68. The minimum atomic E-state index is 0.255. The number of nitrogens with zero attached hydrogens (tertiary/aromatic N) is 1. The Morgan fingerprint density at radius 2 is 2.23 bits per heavy atom. The fraction of sp³-hybridized carbons (Fsp3) is 1.00. The standard InChI is InChI=1S/C10H21NO2/c1-9(8-13-2)11(6-7-12)10-4-3-5-10/h9-10,12H,3-8H2,1-2H3. The van der Waals surface area contributed by atoms with Crippen molar-refractivity contribution in [2.75, 3.05) is 26.9 Å². The second-order valence-electron chi connectivity index (χ2n) is 3.85. The summed E-state index contributed by atoms with van der Waals surface area (Å²) >= 11 is 0. The maximum Gasteiger partial charge on any atom is 0.0615 e. The molecule has 1 atom stereocenters. The van der Waals surface area contributed by atoms with E-state index in [-0.39, 0.29) is 6.61 Å². The quantitative estimate of drug-likeness (QED) is 0.669. The van der Waals surface area contributed by atoms with Crippen LogP contribution in [0.5, 0.6) is 0 Å². The summed E-state index contributed by atoms with van der Waals surface area (Å²) in [7, 11) is 1.73. The van der Waals surface area contributed by atoms with Gasteiger partial charge in [-0.2, -0.15) is 0 Å². The lowest BCUT2D eigenvalue weighted by Gasteiger charge is -2.40. The van der Waals surface area contributed by atoms with Crippen molar-refractivity contribution >= 4 is 0 Å². The van der Waals surface area contributed by atoms with Crippen LogP contribution in [0.1, 0.15) is 26.2 Å². The zero-order valence-electron chi connectivity index (χ0n) is 8.70. The molecule has 0 aliphatic heterocycles. The Labute approximate surface area is 80.7 Å². The Morgan fingerprint density at radius 1 is 1.54 bits per heavy atom. The summed E-state index contributed by atoms with van der Waals surface area (Å²) in [6.45, 7) is 3.97. The molecule has 1 saturated carbocycles. The van der Waals surface area contributed by atoms with Crippen molar-refractivity contribution in [1.29, 1.82) is 0 Å². The van der Waals surface area contributed by atoms with E-state index < -0.39 is 0 Å². The number of ether oxygens (including phenoxy) is 1. The van der Waals surface area contributed by atoms with Gasteiger partial charge in [-0.1, -0.05) is 6.42 Å². The predicted molar refractivity (Wildman–Crippen MR) is 52.8 cm³/mol. The monoisotopic (exact) mass is 187 g/mol. The molecule has 0 saturated heterocycles. The third-order valence-electron chi connectivity index (χ3n) is 2.88. The minimum absolute atomic E-state index is 0.255. The molecule has 0 aromatic heterocycles. The van der Waals surface area contributed by atoms with Gasteiger partial charge < -0.3 is 9.84 Å². The van der Waals surface area contributed by atoms with Gasteiger partial charge in [0.1, 0.15) is 0 Å². The van der Waals surface area contributed by atoms with E-state index in [1.54, 1.807) is 7.11 Å². The molecule has 3 nitrogen and oxygen atoms in total. The van der Waals surface area contributed by atoms with E-state index >= 15 is 0 Å². The van der Waals surface area contributed by atoms with Gasteiger partial charge in [0, 0.05) is 25.7 Å². The van der Waals surface area contributed by atoms with Gasteiger partial charge in [0.05, 0.1) is 13.2 Å². The molecule has 1 N–H and O–H groups in total. The lowest BCUT2D eigenvalue weighted by atomic mass is 9.90. The van der Waals surface area contributed by atoms with Gasteiger partial charge in [-0.15, -0.1) is 0 Å². The SMILES string of the molecule is COCC(C)N(CCO)C1CCC1. The van der Waals surface area contributed by atoms with Crippen molar-refractivity contribution in [3.63, 3.8) is 0 Å². The summed E-state index contributed by atoms with van der Waals surface area (Å²) in [5.74, 6) is 0. The van der Waals surface area contributed by atoms with Crippen LogP contribution in [0.2, 0.25) is 0 Å². The fourth-order valence-corrected chi connectivity index (χ4v) is 1.93. The van der Waals surface area contributed by atoms with Crippen molar-refractivity contribution in [1.82, 2.24) is 4.90 Å². The van der Waals surface area contributed by atoms with Crippen molar-refractivity contribution in [2.45, 2.75) is 38.3 Å². The molecule has 1 unspecified atom stereocenters. The summed E-state index contributed by atoms with van der Waals surface area (Å²) in [5.41, 5.74) is 0. The first-order valence-electron chi connectivity index (χ1n) is 5.15. The highest BCUT2D eigenvalue weighted by Crippen LogP contribution is 2.26. The first kappa shape index (κ1) is 11.0. The molecule has 0 heterocycles. The summed E-state index contributed by atoms with van der Waals surface area (Å²) in [6, 6.07) is 1.12. The first-order valence-corrected chi connectivity index (χ1v) is 5.15. The maximum absolute atomic E-state index is 8.94. The van der Waals surface area contributed by atoms with Gasteiger partial charge in [0.15, 0.2) is 0 Å². The Morgan fingerprint density at radius 3 is 2.62 bits per heavy atom. The highest BCUT2D eigenvalue weighted by atomic mass is 16.5. The molecule has 0 amide bonds. The molecule has 1 rings (SSSR count). The minimum Gasteiger partial charge on any atom is -0.395 e. The van der Waals surface area contributed by atoms with Crippen LogP contribution >= 0.6 is 0 Å². The van der Waals surface area contributed by atoms with Gasteiger partial charge >= 0.3 is 0 Å². The van der Waals surface area contributed by atoms with Crippen LogP contribution in [0.3, 0.4) is 0 Å². The van der Waals surface area contributed by atoms with Crippen LogP contribution in [-0.2, 0) is 4.74 Å². The molecule has 0 aromatic carbocycles. The van der Waals surface area contributed by atoms with Gasteiger partial charge in [0.25, 0.3) is 0 Å². The average molecular weight is 187 g/mol. The molecule has 0 aromatic rings. The van der Waals surface area contributed by atoms with E-state index in [9.17, 15) is 0 Å². The summed E-state index contributed by atoms with van der Waals surface area (Å²) < 4.78 is 5.13. The number of aliphatic hydroxyl groups is 1. The molecule has 0 bridgehead atoms. The average Bonchev–Trinajstić information content (AvgIpc) is 2.01. The van der Waals surface area contributed by atoms with Crippen LogP contribution in [0.4, 0.5) is 0 Å². The van der Waals surface area contributed by atoms with E-state index in [1.165, 1.54) is 19.3 Å². The molecule has 3 heteroatoms. The van der Waals surface area contributed by atoms with Gasteiger partial charge in [-0.05, 0) is 19.8 Å². The summed E-state index contributed by atoms with van der Waals surface area (Å²) in [5, 5.41) is 8.94. The summed E-state index contributed by atoms with van der Waals surface area (Å²) in [6.07, 6.45) is 3.91. The molecule has 0 spiro atoms. The summed E-state index contributed by atoms with van der Waals surface area (Å²) in [4.78, 5) is 2.37. The molecular weight excluding hydrogens is 166 g/mol. The molecular formula is C10H21NO2. The topological polar surface area (TPSA) is 32.7 Å². The first-order chi connectivity index (χ1) is 6.29. The van der Waals surface area contributed by atoms with Gasteiger partial charge in [-0.25, -0.2) is 0 Å². The smallest absolute Gasteiger partial charge is 0.0615 e. The molecule has 1 fully saturated rings. The van der Waals surface area contributed by atoms with E-state index in [1.807, 2.05) is 0 Å². The van der Waals surface area contributed by atoms with Crippen molar-refractivity contribution in [3.05, 3.63) is 0 Å². The van der Waals surface area contributed by atoms with Crippen LogP contribution in [0, 0.1) is 0 Å². The lowest BCUT2D eigenvalue weighted by molar-refractivity contribution is 0.0282. The van der Waals surface area contributed by atoms with Gasteiger partial charge in [-0.3, -0.25) is 4.90 Å². The van der Waals surface area contributed by atoms with Crippen molar-refractivity contribution in [3.8, 4) is 0 Å². The Balaban J connectivity index is 2.35. The van der Waals surface area contributed by atoms with E-state index in [2.05, 4.69) is 11.8 Å². The number of hydrogen-bond donors (Lipinski definition) is 1. The second-order valence-corrected chi connectivity index (χ2v) is 3.85. The Hall–Kier alpha value is -0.120. The van der Waals surface area contributed by atoms with Crippen LogP contribution in [-0.4, -0.2) is 49.0 Å². The number of hydrogen-bond acceptors (Lipinski definition) is 3. The lowest BCUT2D eigenvalue weighted by Crippen LogP contribution is -2.48. The fourth-order valence-electron chi connectivity index (χ4n) is 1.93. The molecule has 1 aliphatic rings. The molecule has 13 heavy (non-hydrogen) atoms. The highest BCUT2D eigenvalue weighted by molar-refractivity contribution is 4.83. The molecule has 1 aliphatic carbocycles. The van der Waals surface area contributed by atoms with Crippen LogP contribution < -0.4 is 0 Å². The Bertz CT molecular complexity index is 137. The number of aliphatic hydroxyl groups excluding tert-OH is 1.